The lowest BCUT2D eigenvalue weighted by Crippen LogP contribution is -2.34. The SMILES string of the molecule is CN(C)CCOc1ccc(N2CCC(n3cccn3)CC2)cc1. The van der Waals surface area contributed by atoms with E-state index in [1.54, 1.807) is 0 Å². The Labute approximate surface area is 138 Å². The van der Waals surface area contributed by atoms with Crippen LogP contribution in [0.25, 0.3) is 0 Å². The Morgan fingerprint density at radius 1 is 1.17 bits per heavy atom. The third kappa shape index (κ3) is 4.26. The van der Waals surface area contributed by atoms with Crippen LogP contribution in [-0.4, -0.2) is 55.0 Å². The van der Waals surface area contributed by atoms with E-state index in [0.29, 0.717) is 6.04 Å². The summed E-state index contributed by atoms with van der Waals surface area (Å²) in [6, 6.07) is 11.0. The molecule has 0 spiro atoms. The average molecular weight is 314 g/mol. The highest BCUT2D eigenvalue weighted by Gasteiger charge is 2.20. The number of nitrogens with zero attached hydrogens (tertiary/aromatic N) is 4. The molecule has 0 aliphatic carbocycles. The van der Waals surface area contributed by atoms with Crippen molar-refractivity contribution in [3.8, 4) is 5.75 Å². The Bertz CT molecular complexity index is 572. The van der Waals surface area contributed by atoms with Crippen molar-refractivity contribution in [2.75, 3.05) is 45.2 Å². The minimum absolute atomic E-state index is 0.537. The zero-order chi connectivity index (χ0) is 16.1. The first-order valence-electron chi connectivity index (χ1n) is 8.34. The van der Waals surface area contributed by atoms with E-state index in [1.165, 1.54) is 5.69 Å². The molecule has 0 bridgehead atoms. The van der Waals surface area contributed by atoms with Crippen LogP contribution in [0.3, 0.4) is 0 Å². The summed E-state index contributed by atoms with van der Waals surface area (Å²) in [6.07, 6.45) is 6.22. The van der Waals surface area contributed by atoms with E-state index >= 15 is 0 Å². The van der Waals surface area contributed by atoms with Gasteiger partial charge in [-0.05, 0) is 57.3 Å². The van der Waals surface area contributed by atoms with Crippen molar-refractivity contribution in [3.05, 3.63) is 42.7 Å². The maximum absolute atomic E-state index is 5.75. The number of hydrogen-bond acceptors (Lipinski definition) is 4. The van der Waals surface area contributed by atoms with E-state index < -0.39 is 0 Å². The number of benzene rings is 1. The second kappa shape index (κ2) is 7.51. The molecule has 1 aliphatic rings. The Kier molecular flexibility index (Phi) is 5.18. The van der Waals surface area contributed by atoms with Crippen molar-refractivity contribution in [1.82, 2.24) is 14.7 Å². The predicted molar refractivity (Wildman–Crippen MR) is 93.2 cm³/mol. The molecule has 2 aromatic rings. The van der Waals surface area contributed by atoms with E-state index in [1.807, 2.05) is 12.3 Å². The average Bonchev–Trinajstić information content (AvgIpc) is 3.10. The highest BCUT2D eigenvalue weighted by molar-refractivity contribution is 5.49. The van der Waals surface area contributed by atoms with Crippen LogP contribution in [0, 0.1) is 0 Å². The van der Waals surface area contributed by atoms with E-state index in [-0.39, 0.29) is 0 Å². The number of anilines is 1. The molecular weight excluding hydrogens is 288 g/mol. The summed E-state index contributed by atoms with van der Waals surface area (Å²) < 4.78 is 7.85. The van der Waals surface area contributed by atoms with Gasteiger partial charge in [0.25, 0.3) is 0 Å². The Hall–Kier alpha value is -2.01. The molecule has 2 heterocycles. The molecule has 1 fully saturated rings. The monoisotopic (exact) mass is 314 g/mol. The molecule has 5 nitrogen and oxygen atoms in total. The van der Waals surface area contributed by atoms with Gasteiger partial charge in [0.2, 0.25) is 0 Å². The Morgan fingerprint density at radius 3 is 2.52 bits per heavy atom. The first kappa shape index (κ1) is 15.9. The molecule has 0 amide bonds. The van der Waals surface area contributed by atoms with Gasteiger partial charge in [-0.1, -0.05) is 0 Å². The van der Waals surface area contributed by atoms with Crippen LogP contribution in [0.2, 0.25) is 0 Å². The van der Waals surface area contributed by atoms with Crippen LogP contribution in [0.15, 0.2) is 42.7 Å². The number of aromatic nitrogens is 2. The molecule has 0 atom stereocenters. The molecule has 1 aromatic heterocycles. The van der Waals surface area contributed by atoms with Crippen LogP contribution in [-0.2, 0) is 0 Å². The lowest BCUT2D eigenvalue weighted by Gasteiger charge is -2.33. The van der Waals surface area contributed by atoms with Gasteiger partial charge in [-0.3, -0.25) is 4.68 Å². The summed E-state index contributed by atoms with van der Waals surface area (Å²) in [7, 11) is 4.11. The molecule has 5 heteroatoms. The fraction of sp³-hybridized carbons (Fsp3) is 0.500. The first-order chi connectivity index (χ1) is 11.2. The van der Waals surface area contributed by atoms with Crippen LogP contribution >= 0.6 is 0 Å². The zero-order valence-corrected chi connectivity index (χ0v) is 14.1. The zero-order valence-electron chi connectivity index (χ0n) is 14.1. The van der Waals surface area contributed by atoms with E-state index in [4.69, 9.17) is 4.74 Å². The highest BCUT2D eigenvalue weighted by Crippen LogP contribution is 2.27. The van der Waals surface area contributed by atoms with Crippen molar-refractivity contribution >= 4 is 5.69 Å². The van der Waals surface area contributed by atoms with Gasteiger partial charge in [0.05, 0.1) is 6.04 Å². The first-order valence-corrected chi connectivity index (χ1v) is 8.34. The van der Waals surface area contributed by atoms with Gasteiger partial charge < -0.3 is 14.5 Å². The van der Waals surface area contributed by atoms with Crippen LogP contribution in [0.5, 0.6) is 5.75 Å². The van der Waals surface area contributed by atoms with E-state index in [0.717, 1.165) is 44.8 Å². The van der Waals surface area contributed by atoms with E-state index in [9.17, 15) is 0 Å². The largest absolute Gasteiger partial charge is 0.492 e. The summed E-state index contributed by atoms with van der Waals surface area (Å²) in [5.41, 5.74) is 1.28. The smallest absolute Gasteiger partial charge is 0.119 e. The Morgan fingerprint density at radius 2 is 1.91 bits per heavy atom. The molecule has 0 radical (unpaired) electrons. The molecular formula is C18H26N4O. The van der Waals surface area contributed by atoms with Gasteiger partial charge >= 0.3 is 0 Å². The molecule has 124 valence electrons. The fourth-order valence-electron chi connectivity index (χ4n) is 2.98. The van der Waals surface area contributed by atoms with Crippen LogP contribution in [0.4, 0.5) is 5.69 Å². The minimum atomic E-state index is 0.537. The number of rotatable bonds is 6. The second-order valence-corrected chi connectivity index (χ2v) is 6.35. The molecule has 1 saturated heterocycles. The van der Waals surface area contributed by atoms with E-state index in [2.05, 4.69) is 64.1 Å². The summed E-state index contributed by atoms with van der Waals surface area (Å²) in [4.78, 5) is 4.57. The van der Waals surface area contributed by atoms with Gasteiger partial charge in [0.15, 0.2) is 0 Å². The lowest BCUT2D eigenvalue weighted by atomic mass is 10.0. The van der Waals surface area contributed by atoms with Crippen molar-refractivity contribution in [1.29, 1.82) is 0 Å². The van der Waals surface area contributed by atoms with Gasteiger partial charge in [0, 0.05) is 37.7 Å². The van der Waals surface area contributed by atoms with Crippen LogP contribution in [0.1, 0.15) is 18.9 Å². The molecule has 1 aliphatic heterocycles. The van der Waals surface area contributed by atoms with Gasteiger partial charge in [-0.25, -0.2) is 0 Å². The summed E-state index contributed by atoms with van der Waals surface area (Å²) in [5, 5.41) is 4.37. The van der Waals surface area contributed by atoms with Gasteiger partial charge in [0.1, 0.15) is 12.4 Å². The quantitative estimate of drug-likeness (QED) is 0.821. The third-order valence-electron chi connectivity index (χ3n) is 4.37. The van der Waals surface area contributed by atoms with Crippen molar-refractivity contribution in [2.24, 2.45) is 0 Å². The van der Waals surface area contributed by atoms with Gasteiger partial charge in [-0.15, -0.1) is 0 Å². The van der Waals surface area contributed by atoms with Crippen molar-refractivity contribution in [3.63, 3.8) is 0 Å². The maximum Gasteiger partial charge on any atom is 0.119 e. The molecule has 0 N–H and O–H groups in total. The summed E-state index contributed by atoms with van der Waals surface area (Å²) in [6.45, 7) is 3.81. The molecule has 0 unspecified atom stereocenters. The number of hydrogen-bond donors (Lipinski definition) is 0. The van der Waals surface area contributed by atoms with Crippen molar-refractivity contribution in [2.45, 2.75) is 18.9 Å². The summed E-state index contributed by atoms with van der Waals surface area (Å²) >= 11 is 0. The summed E-state index contributed by atoms with van der Waals surface area (Å²) in [5.74, 6) is 0.946. The Balaban J connectivity index is 1.50. The maximum atomic E-state index is 5.75. The highest BCUT2D eigenvalue weighted by atomic mass is 16.5. The normalized spacial score (nSPS) is 16.0. The lowest BCUT2D eigenvalue weighted by molar-refractivity contribution is 0.261. The fourth-order valence-corrected chi connectivity index (χ4v) is 2.98. The number of piperidine rings is 1. The standard InChI is InChI=1S/C18H26N4O/c1-20(2)14-15-23-18-6-4-16(5-7-18)21-12-8-17(9-13-21)22-11-3-10-19-22/h3-7,10-11,17H,8-9,12-15H2,1-2H3. The van der Waals surface area contributed by atoms with Gasteiger partial charge in [-0.2, -0.15) is 5.10 Å². The minimum Gasteiger partial charge on any atom is -0.492 e. The second-order valence-electron chi connectivity index (χ2n) is 6.35. The number of likely N-dealkylation sites (N-methyl/N-ethyl adjacent to an activating group) is 1. The molecule has 3 rings (SSSR count). The van der Waals surface area contributed by atoms with Crippen molar-refractivity contribution < 1.29 is 4.74 Å². The molecule has 23 heavy (non-hydrogen) atoms. The predicted octanol–water partition coefficient (Wildman–Crippen LogP) is 2.67. The molecule has 0 saturated carbocycles. The molecule has 1 aromatic carbocycles. The third-order valence-corrected chi connectivity index (χ3v) is 4.37. The topological polar surface area (TPSA) is 33.5 Å². The van der Waals surface area contributed by atoms with Crippen LogP contribution < -0.4 is 9.64 Å². The number of ether oxygens (including phenoxy) is 1.